The monoisotopic (exact) mass is 318 g/mol. The van der Waals surface area contributed by atoms with Gasteiger partial charge in [0.1, 0.15) is 18.0 Å². The van der Waals surface area contributed by atoms with E-state index in [-0.39, 0.29) is 5.79 Å². The lowest BCUT2D eigenvalue weighted by Gasteiger charge is -2.38. The van der Waals surface area contributed by atoms with Crippen molar-refractivity contribution in [2.45, 2.75) is 56.8 Å². The molecule has 1 spiro atoms. The van der Waals surface area contributed by atoms with Gasteiger partial charge in [-0.25, -0.2) is 9.97 Å². The molecule has 2 aliphatic heterocycles. The van der Waals surface area contributed by atoms with Crippen LogP contribution in [0.5, 0.6) is 0 Å². The lowest BCUT2D eigenvalue weighted by molar-refractivity contribution is -0.169. The van der Waals surface area contributed by atoms with Gasteiger partial charge in [0.15, 0.2) is 5.79 Å². The van der Waals surface area contributed by atoms with E-state index in [0.717, 1.165) is 50.8 Å². The van der Waals surface area contributed by atoms with Crippen molar-refractivity contribution in [2.24, 2.45) is 0 Å². The minimum atomic E-state index is -0.327. The SMILES string of the molecule is c1nc(NC2CCCCC2)cc(N2CCC3(CC2)OCCO3)n1. The predicted octanol–water partition coefficient (Wildman–Crippen LogP) is 2.56. The smallest absolute Gasteiger partial charge is 0.171 e. The van der Waals surface area contributed by atoms with Crippen LogP contribution in [0.2, 0.25) is 0 Å². The highest BCUT2D eigenvalue weighted by Crippen LogP contribution is 2.33. The van der Waals surface area contributed by atoms with E-state index >= 15 is 0 Å². The zero-order valence-corrected chi connectivity index (χ0v) is 13.7. The number of nitrogens with one attached hydrogen (secondary N) is 1. The molecule has 3 fully saturated rings. The molecule has 3 aliphatic rings. The molecule has 6 nitrogen and oxygen atoms in total. The summed E-state index contributed by atoms with van der Waals surface area (Å²) < 4.78 is 11.6. The summed E-state index contributed by atoms with van der Waals surface area (Å²) in [4.78, 5) is 11.2. The van der Waals surface area contributed by atoms with Crippen LogP contribution < -0.4 is 10.2 Å². The van der Waals surface area contributed by atoms with Crippen LogP contribution in [0.15, 0.2) is 12.4 Å². The Morgan fingerprint density at radius 1 is 1.04 bits per heavy atom. The van der Waals surface area contributed by atoms with Crippen LogP contribution >= 0.6 is 0 Å². The molecule has 1 aliphatic carbocycles. The number of hydrogen-bond donors (Lipinski definition) is 1. The number of piperidine rings is 1. The maximum atomic E-state index is 5.80. The molecule has 0 unspecified atom stereocenters. The fraction of sp³-hybridized carbons (Fsp3) is 0.765. The van der Waals surface area contributed by atoms with E-state index in [0.29, 0.717) is 6.04 Å². The Morgan fingerprint density at radius 2 is 1.78 bits per heavy atom. The van der Waals surface area contributed by atoms with E-state index in [1.807, 2.05) is 0 Å². The molecule has 1 aromatic heterocycles. The van der Waals surface area contributed by atoms with E-state index < -0.39 is 0 Å². The minimum absolute atomic E-state index is 0.327. The second-order valence-corrected chi connectivity index (χ2v) is 6.84. The Hall–Kier alpha value is -1.40. The van der Waals surface area contributed by atoms with Crippen LogP contribution in [0.4, 0.5) is 11.6 Å². The summed E-state index contributed by atoms with van der Waals surface area (Å²) in [5.74, 6) is 1.63. The molecule has 4 rings (SSSR count). The average Bonchev–Trinajstić information content (AvgIpc) is 3.05. The predicted molar refractivity (Wildman–Crippen MR) is 88.6 cm³/mol. The van der Waals surface area contributed by atoms with Crippen LogP contribution in [0.3, 0.4) is 0 Å². The lowest BCUT2D eigenvalue weighted by Crippen LogP contribution is -2.45. The van der Waals surface area contributed by atoms with Crippen LogP contribution in [0.1, 0.15) is 44.9 Å². The summed E-state index contributed by atoms with van der Waals surface area (Å²) >= 11 is 0. The fourth-order valence-electron chi connectivity index (χ4n) is 3.92. The summed E-state index contributed by atoms with van der Waals surface area (Å²) in [5.41, 5.74) is 0. The second-order valence-electron chi connectivity index (χ2n) is 6.84. The van der Waals surface area contributed by atoms with Crippen molar-refractivity contribution in [3.05, 3.63) is 12.4 Å². The van der Waals surface area contributed by atoms with Gasteiger partial charge in [0.2, 0.25) is 0 Å². The lowest BCUT2D eigenvalue weighted by atomic mass is 9.95. The molecular formula is C17H26N4O2. The van der Waals surface area contributed by atoms with Gasteiger partial charge < -0.3 is 19.7 Å². The van der Waals surface area contributed by atoms with Crippen molar-refractivity contribution in [3.63, 3.8) is 0 Å². The number of hydrogen-bond acceptors (Lipinski definition) is 6. The van der Waals surface area contributed by atoms with Gasteiger partial charge in [-0.2, -0.15) is 0 Å². The van der Waals surface area contributed by atoms with Crippen LogP contribution in [0, 0.1) is 0 Å². The zero-order chi connectivity index (χ0) is 15.5. The first kappa shape index (κ1) is 15.1. The molecule has 0 atom stereocenters. The Balaban J connectivity index is 1.38. The van der Waals surface area contributed by atoms with E-state index in [9.17, 15) is 0 Å². The Morgan fingerprint density at radius 3 is 2.52 bits per heavy atom. The zero-order valence-electron chi connectivity index (χ0n) is 13.7. The largest absolute Gasteiger partial charge is 0.367 e. The van der Waals surface area contributed by atoms with Crippen molar-refractivity contribution < 1.29 is 9.47 Å². The van der Waals surface area contributed by atoms with Gasteiger partial charge in [-0.15, -0.1) is 0 Å². The molecule has 126 valence electrons. The van der Waals surface area contributed by atoms with Gasteiger partial charge in [0, 0.05) is 38.0 Å². The maximum Gasteiger partial charge on any atom is 0.171 e. The van der Waals surface area contributed by atoms with E-state index in [1.54, 1.807) is 6.33 Å². The molecule has 0 aromatic carbocycles. The third-order valence-electron chi connectivity index (χ3n) is 5.27. The molecule has 1 aromatic rings. The first-order valence-electron chi connectivity index (χ1n) is 8.94. The molecule has 3 heterocycles. The summed E-state index contributed by atoms with van der Waals surface area (Å²) in [6, 6.07) is 2.65. The van der Waals surface area contributed by atoms with Crippen molar-refractivity contribution in [1.29, 1.82) is 0 Å². The van der Waals surface area contributed by atoms with Crippen LogP contribution in [-0.2, 0) is 9.47 Å². The number of nitrogens with zero attached hydrogens (tertiary/aromatic N) is 3. The van der Waals surface area contributed by atoms with Crippen molar-refractivity contribution in [1.82, 2.24) is 9.97 Å². The summed E-state index contributed by atoms with van der Waals surface area (Å²) in [6.45, 7) is 3.28. The van der Waals surface area contributed by atoms with Crippen molar-refractivity contribution in [3.8, 4) is 0 Å². The molecular weight excluding hydrogens is 292 g/mol. The molecule has 2 saturated heterocycles. The first-order chi connectivity index (χ1) is 11.3. The second kappa shape index (κ2) is 6.61. The van der Waals surface area contributed by atoms with Crippen molar-refractivity contribution in [2.75, 3.05) is 36.5 Å². The van der Waals surface area contributed by atoms with Crippen molar-refractivity contribution >= 4 is 11.6 Å². The highest BCUT2D eigenvalue weighted by molar-refractivity contribution is 5.49. The minimum Gasteiger partial charge on any atom is -0.367 e. The van der Waals surface area contributed by atoms with E-state index in [2.05, 4.69) is 26.3 Å². The van der Waals surface area contributed by atoms with Gasteiger partial charge in [-0.1, -0.05) is 19.3 Å². The molecule has 6 heteroatoms. The number of rotatable bonds is 3. The molecule has 0 amide bonds. The summed E-state index contributed by atoms with van der Waals surface area (Å²) in [5, 5.41) is 3.58. The summed E-state index contributed by atoms with van der Waals surface area (Å²) in [7, 11) is 0. The molecule has 0 bridgehead atoms. The standard InChI is InChI=1S/C17H26N4O2/c1-2-4-14(5-3-1)20-15-12-16(19-13-18-15)21-8-6-17(7-9-21)22-10-11-23-17/h12-14H,1-11H2,(H,18,19,20). The van der Waals surface area contributed by atoms with Gasteiger partial charge in [0.25, 0.3) is 0 Å². The van der Waals surface area contributed by atoms with Gasteiger partial charge in [-0.05, 0) is 12.8 Å². The molecule has 1 saturated carbocycles. The highest BCUT2D eigenvalue weighted by atomic mass is 16.7. The normalized spacial score (nSPS) is 25.0. The maximum absolute atomic E-state index is 5.80. The van der Waals surface area contributed by atoms with Gasteiger partial charge in [0.05, 0.1) is 13.2 Å². The third kappa shape index (κ3) is 3.43. The average molecular weight is 318 g/mol. The molecule has 1 N–H and O–H groups in total. The molecule has 0 radical (unpaired) electrons. The number of anilines is 2. The Kier molecular flexibility index (Phi) is 4.35. The fourth-order valence-corrected chi connectivity index (χ4v) is 3.92. The number of ether oxygens (including phenoxy) is 2. The topological polar surface area (TPSA) is 59.5 Å². The number of aromatic nitrogens is 2. The van der Waals surface area contributed by atoms with Gasteiger partial charge >= 0.3 is 0 Å². The highest BCUT2D eigenvalue weighted by Gasteiger charge is 2.40. The Bertz CT molecular complexity index is 517. The third-order valence-corrected chi connectivity index (χ3v) is 5.27. The van der Waals surface area contributed by atoms with Gasteiger partial charge in [-0.3, -0.25) is 0 Å². The van der Waals surface area contributed by atoms with E-state index in [1.165, 1.54) is 32.1 Å². The molecule has 23 heavy (non-hydrogen) atoms. The van der Waals surface area contributed by atoms with E-state index in [4.69, 9.17) is 9.47 Å². The van der Waals surface area contributed by atoms with Crippen LogP contribution in [-0.4, -0.2) is 48.1 Å². The summed E-state index contributed by atoms with van der Waals surface area (Å²) in [6.07, 6.45) is 10.00. The van der Waals surface area contributed by atoms with Crippen LogP contribution in [0.25, 0.3) is 0 Å². The Labute approximate surface area is 137 Å². The quantitative estimate of drug-likeness (QED) is 0.924. The first-order valence-corrected chi connectivity index (χ1v) is 8.94.